The van der Waals surface area contributed by atoms with Gasteiger partial charge in [0.25, 0.3) is 5.95 Å². The largest absolute Gasteiger partial charge is 0.452 e. The number of nitrogens with two attached hydrogens (primary N) is 2. The predicted octanol–water partition coefficient (Wildman–Crippen LogP) is 4.92. The summed E-state index contributed by atoms with van der Waals surface area (Å²) in [7, 11) is 2.60. The number of ether oxygens (including phenoxy) is 1. The Labute approximate surface area is 221 Å². The second kappa shape index (κ2) is 10.1. The van der Waals surface area contributed by atoms with Crippen molar-refractivity contribution in [1.29, 1.82) is 0 Å². The fourth-order valence-electron chi connectivity index (χ4n) is 4.51. The Morgan fingerprint density at radius 2 is 1.79 bits per heavy atom. The lowest BCUT2D eigenvalue weighted by atomic mass is 9.97. The first-order chi connectivity index (χ1) is 18.7. The summed E-state index contributed by atoms with van der Waals surface area (Å²) in [5.41, 5.74) is 14.5. The van der Waals surface area contributed by atoms with Gasteiger partial charge >= 0.3 is 6.09 Å². The van der Waals surface area contributed by atoms with Gasteiger partial charge < -0.3 is 16.2 Å². The van der Waals surface area contributed by atoms with Crippen LogP contribution in [0.1, 0.15) is 29.7 Å². The third kappa shape index (κ3) is 4.65. The molecular formula is C27H24F3N7O2. The number of amides is 1. The zero-order chi connectivity index (χ0) is 27.8. The Kier molecular flexibility index (Phi) is 6.69. The van der Waals surface area contributed by atoms with Gasteiger partial charge in [0.2, 0.25) is 0 Å². The molecule has 2 heterocycles. The Bertz CT molecular complexity index is 1660. The molecule has 1 amide bonds. The number of benzene rings is 2. The van der Waals surface area contributed by atoms with Gasteiger partial charge in [-0.1, -0.05) is 24.3 Å². The van der Waals surface area contributed by atoms with Crippen LogP contribution >= 0.6 is 0 Å². The van der Waals surface area contributed by atoms with Gasteiger partial charge in [0, 0.05) is 24.4 Å². The van der Waals surface area contributed by atoms with E-state index in [9.17, 15) is 18.0 Å². The maximum Gasteiger partial charge on any atom is 0.413 e. The van der Waals surface area contributed by atoms with Crippen molar-refractivity contribution in [2.75, 3.05) is 30.5 Å². The lowest BCUT2D eigenvalue weighted by Gasteiger charge is -2.18. The molecule has 4 aromatic rings. The minimum Gasteiger partial charge on any atom is -0.452 e. The summed E-state index contributed by atoms with van der Waals surface area (Å²) in [6.07, 6.45) is 6.91. The van der Waals surface area contributed by atoms with Crippen LogP contribution in [-0.4, -0.2) is 40.0 Å². The molecular weight excluding hydrogens is 511 g/mol. The van der Waals surface area contributed by atoms with E-state index in [1.807, 2.05) is 18.2 Å². The van der Waals surface area contributed by atoms with E-state index in [0.717, 1.165) is 41.0 Å². The predicted molar refractivity (Wildman–Crippen MR) is 142 cm³/mol. The van der Waals surface area contributed by atoms with E-state index >= 15 is 0 Å². The summed E-state index contributed by atoms with van der Waals surface area (Å²) in [6, 6.07) is 7.10. The van der Waals surface area contributed by atoms with Crippen molar-refractivity contribution in [1.82, 2.24) is 19.7 Å². The number of nitrogens with zero attached hydrogens (tertiary/aromatic N) is 5. The van der Waals surface area contributed by atoms with Crippen LogP contribution in [0.25, 0.3) is 22.4 Å². The monoisotopic (exact) mass is 535 g/mol. The highest BCUT2D eigenvalue weighted by Crippen LogP contribution is 2.32. The molecule has 2 aromatic carbocycles. The molecule has 12 heteroatoms. The van der Waals surface area contributed by atoms with Gasteiger partial charge in [0.15, 0.2) is 23.3 Å². The number of carbonyl (C=O) groups excluding carboxylic acids is 1. The Morgan fingerprint density at radius 1 is 1.08 bits per heavy atom. The zero-order valence-corrected chi connectivity index (χ0v) is 21.1. The third-order valence-electron chi connectivity index (χ3n) is 6.47. The quantitative estimate of drug-likeness (QED) is 0.347. The Morgan fingerprint density at radius 3 is 2.46 bits per heavy atom. The van der Waals surface area contributed by atoms with Crippen molar-refractivity contribution in [2.45, 2.75) is 19.3 Å². The minimum atomic E-state index is -1.29. The number of carbonyl (C=O) groups is 1. The fraction of sp³-hybridized carbons (Fsp3) is 0.185. The lowest BCUT2D eigenvalue weighted by molar-refractivity contribution is 0.180. The number of methoxy groups -OCH3 is 1. The van der Waals surface area contributed by atoms with Crippen LogP contribution in [0.3, 0.4) is 0 Å². The smallest absolute Gasteiger partial charge is 0.413 e. The molecule has 0 fully saturated rings. The van der Waals surface area contributed by atoms with Crippen molar-refractivity contribution in [3.8, 4) is 5.95 Å². The summed E-state index contributed by atoms with van der Waals surface area (Å²) in [4.78, 5) is 21.6. The van der Waals surface area contributed by atoms with E-state index in [1.165, 1.54) is 18.8 Å². The van der Waals surface area contributed by atoms with Crippen LogP contribution in [-0.2, 0) is 11.2 Å². The van der Waals surface area contributed by atoms with Crippen LogP contribution < -0.4 is 16.4 Å². The highest BCUT2D eigenvalue weighted by Gasteiger charge is 2.24. The van der Waals surface area contributed by atoms with Crippen LogP contribution in [0.5, 0.6) is 0 Å². The molecule has 200 valence electrons. The van der Waals surface area contributed by atoms with Gasteiger partial charge in [0.1, 0.15) is 11.5 Å². The summed E-state index contributed by atoms with van der Waals surface area (Å²) >= 11 is 0. The molecule has 0 radical (unpaired) electrons. The minimum absolute atomic E-state index is 0.0343. The van der Waals surface area contributed by atoms with Gasteiger partial charge in [0.05, 0.1) is 18.3 Å². The molecule has 0 unspecified atom stereocenters. The van der Waals surface area contributed by atoms with Crippen molar-refractivity contribution in [3.63, 3.8) is 0 Å². The SMILES string of the molecule is COC(=O)N(C)c1c(N)nc(-n2nc(Cc3c(F)ccc(F)c3F)c3cc(C4=CCCC=C4)ccc32)nc1N. The molecule has 0 saturated heterocycles. The van der Waals surface area contributed by atoms with E-state index in [1.54, 1.807) is 6.07 Å². The molecule has 9 nitrogen and oxygen atoms in total. The second-order valence-electron chi connectivity index (χ2n) is 8.90. The first-order valence-electron chi connectivity index (χ1n) is 12.0. The molecule has 2 aromatic heterocycles. The van der Waals surface area contributed by atoms with Crippen LogP contribution in [0.2, 0.25) is 0 Å². The van der Waals surface area contributed by atoms with Crippen LogP contribution in [0, 0.1) is 17.5 Å². The number of nitrogen functional groups attached to an aromatic ring is 2. The molecule has 0 atom stereocenters. The van der Waals surface area contributed by atoms with Crippen molar-refractivity contribution in [3.05, 3.63) is 82.8 Å². The van der Waals surface area contributed by atoms with Gasteiger partial charge in [-0.3, -0.25) is 4.90 Å². The average Bonchev–Trinajstić information content (AvgIpc) is 3.30. The van der Waals surface area contributed by atoms with Gasteiger partial charge in [-0.25, -0.2) is 18.0 Å². The maximum absolute atomic E-state index is 14.6. The van der Waals surface area contributed by atoms with E-state index in [2.05, 4.69) is 27.2 Å². The highest BCUT2D eigenvalue weighted by molar-refractivity contribution is 5.94. The maximum atomic E-state index is 14.6. The van der Waals surface area contributed by atoms with Crippen molar-refractivity contribution < 1.29 is 22.7 Å². The molecule has 1 aliphatic carbocycles. The molecule has 1 aliphatic rings. The standard InChI is InChI=1S/C27H24F3N7O2/c1-36(27(38)39-2)23-24(31)33-26(34-25(23)32)37-21-11-8-15(14-6-4-3-5-7-14)12-17(21)20(35-37)13-16-18(28)9-10-19(29)22(16)30/h4,6-12H,3,5,13H2,1-2H3,(H4,31,32,33,34). The molecule has 5 rings (SSSR count). The normalized spacial score (nSPS) is 13.0. The van der Waals surface area contributed by atoms with Gasteiger partial charge in [-0.15, -0.1) is 0 Å². The summed E-state index contributed by atoms with van der Waals surface area (Å²) in [5, 5.41) is 5.09. The Balaban J connectivity index is 1.68. The number of fused-ring (bicyclic) bond motifs is 1. The molecule has 0 aliphatic heterocycles. The number of aromatic nitrogens is 4. The van der Waals surface area contributed by atoms with Crippen LogP contribution in [0.4, 0.5) is 35.3 Å². The fourth-order valence-corrected chi connectivity index (χ4v) is 4.51. The highest BCUT2D eigenvalue weighted by atomic mass is 19.2. The summed E-state index contributed by atoms with van der Waals surface area (Å²) in [5.74, 6) is -3.62. The number of halogens is 3. The van der Waals surface area contributed by atoms with Crippen molar-refractivity contribution in [2.24, 2.45) is 0 Å². The number of anilines is 3. The summed E-state index contributed by atoms with van der Waals surface area (Å²) < 4.78 is 49.2. The number of hydrogen-bond acceptors (Lipinski definition) is 7. The number of allylic oxidation sites excluding steroid dienone is 4. The van der Waals surface area contributed by atoms with Gasteiger partial charge in [-0.2, -0.15) is 19.7 Å². The van der Waals surface area contributed by atoms with E-state index in [0.29, 0.717) is 10.9 Å². The second-order valence-corrected chi connectivity index (χ2v) is 8.90. The number of rotatable bonds is 5. The third-order valence-corrected chi connectivity index (χ3v) is 6.47. The molecule has 0 bridgehead atoms. The zero-order valence-electron chi connectivity index (χ0n) is 21.1. The lowest BCUT2D eigenvalue weighted by Crippen LogP contribution is -2.28. The molecule has 39 heavy (non-hydrogen) atoms. The molecule has 0 saturated carbocycles. The first kappa shape index (κ1) is 25.8. The molecule has 4 N–H and O–H groups in total. The van der Waals surface area contributed by atoms with Crippen molar-refractivity contribution >= 4 is 39.9 Å². The Hall–Kier alpha value is -4.87. The average molecular weight is 536 g/mol. The van der Waals surface area contributed by atoms with Gasteiger partial charge in [-0.05, 0) is 48.2 Å². The van der Waals surface area contributed by atoms with E-state index < -0.39 is 29.1 Å². The van der Waals surface area contributed by atoms with Crippen LogP contribution in [0.15, 0.2) is 48.6 Å². The first-order valence-corrected chi connectivity index (χ1v) is 12.0. The van der Waals surface area contributed by atoms with E-state index in [-0.39, 0.29) is 35.4 Å². The van der Waals surface area contributed by atoms with E-state index in [4.69, 9.17) is 16.2 Å². The topological polar surface area (TPSA) is 125 Å². The summed E-state index contributed by atoms with van der Waals surface area (Å²) in [6.45, 7) is 0. The molecule has 0 spiro atoms. The number of hydrogen-bond donors (Lipinski definition) is 2.